The van der Waals surface area contributed by atoms with Gasteiger partial charge in [-0.1, -0.05) is 55.0 Å². The SMILES string of the molecule is CCCCN1C(=O)/C(=c2\sc3nc(-c4ccccc4OC(C)=O)nn3c2=O)c2ccccc21. The highest BCUT2D eigenvalue weighted by Crippen LogP contribution is 2.35. The van der Waals surface area contributed by atoms with Crippen molar-refractivity contribution in [3.63, 3.8) is 0 Å². The van der Waals surface area contributed by atoms with Gasteiger partial charge in [0.25, 0.3) is 11.5 Å². The highest BCUT2D eigenvalue weighted by atomic mass is 32.1. The monoisotopic (exact) mass is 460 g/mol. The number of amides is 1. The van der Waals surface area contributed by atoms with Gasteiger partial charge in [-0.05, 0) is 24.6 Å². The number of nitrogens with zero attached hydrogens (tertiary/aromatic N) is 4. The number of hydrogen-bond donors (Lipinski definition) is 0. The maximum atomic E-state index is 13.3. The molecule has 0 spiro atoms. The van der Waals surface area contributed by atoms with Crippen LogP contribution < -0.4 is 19.7 Å². The van der Waals surface area contributed by atoms with Gasteiger partial charge in [0, 0.05) is 19.0 Å². The van der Waals surface area contributed by atoms with E-state index in [1.165, 1.54) is 11.4 Å². The van der Waals surface area contributed by atoms with Crippen molar-refractivity contribution in [1.82, 2.24) is 14.6 Å². The predicted octanol–water partition coefficient (Wildman–Crippen LogP) is 2.81. The van der Waals surface area contributed by atoms with Crippen molar-refractivity contribution < 1.29 is 14.3 Å². The summed E-state index contributed by atoms with van der Waals surface area (Å²) in [6.45, 7) is 3.99. The van der Waals surface area contributed by atoms with Gasteiger partial charge in [-0.15, -0.1) is 5.10 Å². The summed E-state index contributed by atoms with van der Waals surface area (Å²) in [6.07, 6.45) is 1.83. The molecular formula is C24H20N4O4S. The van der Waals surface area contributed by atoms with Crippen LogP contribution in [0.1, 0.15) is 32.3 Å². The van der Waals surface area contributed by atoms with Crippen LogP contribution in [0.15, 0.2) is 53.3 Å². The average molecular weight is 461 g/mol. The number of benzene rings is 2. The van der Waals surface area contributed by atoms with Gasteiger partial charge in [-0.2, -0.15) is 9.50 Å². The Bertz CT molecular complexity index is 1520. The van der Waals surface area contributed by atoms with E-state index in [9.17, 15) is 14.4 Å². The zero-order valence-electron chi connectivity index (χ0n) is 18.1. The van der Waals surface area contributed by atoms with Gasteiger partial charge in [-0.25, -0.2) is 0 Å². The summed E-state index contributed by atoms with van der Waals surface area (Å²) in [7, 11) is 0. The van der Waals surface area contributed by atoms with Crippen molar-refractivity contribution in [2.45, 2.75) is 26.7 Å². The van der Waals surface area contributed by atoms with Crippen molar-refractivity contribution >= 4 is 39.4 Å². The Morgan fingerprint density at radius 3 is 2.52 bits per heavy atom. The maximum Gasteiger partial charge on any atom is 0.308 e. The van der Waals surface area contributed by atoms with E-state index in [1.807, 2.05) is 24.3 Å². The lowest BCUT2D eigenvalue weighted by molar-refractivity contribution is -0.131. The van der Waals surface area contributed by atoms with Crippen molar-refractivity contribution in [3.05, 3.63) is 69.0 Å². The lowest BCUT2D eigenvalue weighted by atomic mass is 10.1. The number of unbranched alkanes of at least 4 members (excludes halogenated alkanes) is 1. The molecule has 4 aromatic rings. The lowest BCUT2D eigenvalue weighted by Crippen LogP contribution is -2.33. The van der Waals surface area contributed by atoms with Crippen LogP contribution in [-0.4, -0.2) is 33.0 Å². The van der Waals surface area contributed by atoms with Gasteiger partial charge in [0.05, 0.1) is 16.8 Å². The number of hydrogen-bond acceptors (Lipinski definition) is 7. The quantitative estimate of drug-likeness (QED) is 0.336. The van der Waals surface area contributed by atoms with E-state index in [1.54, 1.807) is 29.2 Å². The van der Waals surface area contributed by atoms with Gasteiger partial charge >= 0.3 is 5.97 Å². The molecule has 33 heavy (non-hydrogen) atoms. The molecule has 0 radical (unpaired) electrons. The van der Waals surface area contributed by atoms with Crippen LogP contribution in [0.4, 0.5) is 5.69 Å². The molecule has 3 heterocycles. The van der Waals surface area contributed by atoms with Crippen molar-refractivity contribution in [2.24, 2.45) is 0 Å². The van der Waals surface area contributed by atoms with E-state index >= 15 is 0 Å². The third-order valence-electron chi connectivity index (χ3n) is 5.42. The molecular weight excluding hydrogens is 440 g/mol. The summed E-state index contributed by atoms with van der Waals surface area (Å²) in [5.74, 6) is -0.0457. The first-order chi connectivity index (χ1) is 16.0. The summed E-state index contributed by atoms with van der Waals surface area (Å²) < 4.78 is 6.77. The van der Waals surface area contributed by atoms with Gasteiger partial charge < -0.3 is 9.64 Å². The number of ether oxygens (including phenoxy) is 1. The van der Waals surface area contributed by atoms with Gasteiger partial charge in [0.2, 0.25) is 4.96 Å². The molecule has 0 bridgehead atoms. The highest BCUT2D eigenvalue weighted by molar-refractivity contribution is 7.15. The molecule has 1 amide bonds. The summed E-state index contributed by atoms with van der Waals surface area (Å²) in [5.41, 5.74) is 2.08. The number of anilines is 1. The largest absolute Gasteiger partial charge is 0.426 e. The predicted molar refractivity (Wildman–Crippen MR) is 125 cm³/mol. The van der Waals surface area contributed by atoms with Crippen LogP contribution in [0.3, 0.4) is 0 Å². The second-order valence-electron chi connectivity index (χ2n) is 7.66. The molecule has 0 saturated heterocycles. The first-order valence-electron chi connectivity index (χ1n) is 10.6. The third kappa shape index (κ3) is 3.50. The van der Waals surface area contributed by atoms with E-state index in [2.05, 4.69) is 17.0 Å². The zero-order chi connectivity index (χ0) is 23.1. The minimum atomic E-state index is -0.460. The molecule has 0 fully saturated rings. The minimum Gasteiger partial charge on any atom is -0.426 e. The molecule has 0 atom stereocenters. The number of carbonyl (C=O) groups excluding carboxylic acids is 2. The number of fused-ring (bicyclic) bond motifs is 2. The maximum absolute atomic E-state index is 13.3. The summed E-state index contributed by atoms with van der Waals surface area (Å²) in [6, 6.07) is 14.4. The third-order valence-corrected chi connectivity index (χ3v) is 6.45. The van der Waals surface area contributed by atoms with Crippen molar-refractivity contribution in [2.75, 3.05) is 11.4 Å². The second kappa shape index (κ2) is 8.25. The Hall–Kier alpha value is -3.85. The number of carbonyl (C=O) groups is 2. The number of para-hydroxylation sites is 2. The fraction of sp³-hybridized carbons (Fsp3) is 0.208. The summed E-state index contributed by atoms with van der Waals surface area (Å²) in [4.78, 5) is 44.6. The number of aromatic nitrogens is 3. The van der Waals surface area contributed by atoms with E-state index in [-0.39, 0.29) is 11.7 Å². The number of thiazole rings is 1. The Labute approximate surface area is 192 Å². The molecule has 5 rings (SSSR count). The second-order valence-corrected chi connectivity index (χ2v) is 8.64. The molecule has 0 aliphatic carbocycles. The number of rotatable bonds is 5. The first kappa shape index (κ1) is 21.0. The van der Waals surface area contributed by atoms with E-state index in [4.69, 9.17) is 4.74 Å². The van der Waals surface area contributed by atoms with Gasteiger partial charge in [0.15, 0.2) is 5.82 Å². The van der Waals surface area contributed by atoms with Crippen molar-refractivity contribution in [3.8, 4) is 17.1 Å². The topological polar surface area (TPSA) is 93.9 Å². The molecule has 0 saturated carbocycles. The van der Waals surface area contributed by atoms with Gasteiger partial charge in [-0.3, -0.25) is 14.4 Å². The Morgan fingerprint density at radius 1 is 1.06 bits per heavy atom. The van der Waals surface area contributed by atoms with Crippen LogP contribution in [-0.2, 0) is 9.59 Å². The molecule has 0 unspecified atom stereocenters. The van der Waals surface area contributed by atoms with E-state index in [0.29, 0.717) is 32.9 Å². The molecule has 1 aliphatic heterocycles. The molecule has 1 aliphatic rings. The molecule has 2 aromatic heterocycles. The smallest absolute Gasteiger partial charge is 0.308 e. The van der Waals surface area contributed by atoms with Crippen LogP contribution in [0, 0.1) is 0 Å². The zero-order valence-corrected chi connectivity index (χ0v) is 18.9. The average Bonchev–Trinajstić information content (AvgIpc) is 3.43. The van der Waals surface area contributed by atoms with Crippen LogP contribution in [0.2, 0.25) is 0 Å². The number of esters is 1. The molecule has 2 aromatic carbocycles. The Balaban J connectivity index is 1.66. The van der Waals surface area contributed by atoms with Crippen LogP contribution >= 0.6 is 11.3 Å². The first-order valence-corrected chi connectivity index (χ1v) is 11.4. The normalized spacial score (nSPS) is 14.7. The Kier molecular flexibility index (Phi) is 5.26. The van der Waals surface area contributed by atoms with Crippen molar-refractivity contribution in [1.29, 1.82) is 0 Å². The van der Waals surface area contributed by atoms with E-state index < -0.39 is 11.5 Å². The van der Waals surface area contributed by atoms with Gasteiger partial charge in [0.1, 0.15) is 10.3 Å². The fourth-order valence-electron chi connectivity index (χ4n) is 3.93. The summed E-state index contributed by atoms with van der Waals surface area (Å²) >= 11 is 1.13. The molecule has 0 N–H and O–H groups in total. The minimum absolute atomic E-state index is 0.174. The molecule has 8 nitrogen and oxygen atoms in total. The summed E-state index contributed by atoms with van der Waals surface area (Å²) in [5, 5.41) is 4.37. The van der Waals surface area contributed by atoms with E-state index in [0.717, 1.165) is 35.4 Å². The Morgan fingerprint density at radius 2 is 1.79 bits per heavy atom. The lowest BCUT2D eigenvalue weighted by Gasteiger charge is -2.16. The van der Waals surface area contributed by atoms with Crippen LogP contribution in [0.5, 0.6) is 5.75 Å². The highest BCUT2D eigenvalue weighted by Gasteiger charge is 2.33. The molecule has 166 valence electrons. The molecule has 9 heteroatoms. The van der Waals surface area contributed by atoms with Crippen LogP contribution in [0.25, 0.3) is 21.9 Å². The fourth-order valence-corrected chi connectivity index (χ4v) is 4.93. The standard InChI is InChI=1S/C24H20N4O4S/c1-3-4-13-27-17-11-7-5-9-15(17)19(22(27)30)20-23(31)28-24(33-20)25-21(26-28)16-10-6-8-12-18(16)32-14(2)29/h5-12H,3-4,13H2,1-2H3/b20-19-.